The minimum absolute atomic E-state index is 0.0442. The van der Waals surface area contributed by atoms with Gasteiger partial charge in [-0.2, -0.15) is 0 Å². The first kappa shape index (κ1) is 18.7. The number of benzene rings is 3. The van der Waals surface area contributed by atoms with Crippen LogP contribution in [-0.2, 0) is 17.8 Å². The standard InChI is InChI=1S/C25H26O3/c26-14-15-28-17-18-6-8-20(9-7-18)25-23(19-4-2-1-3-5-19)12-10-21-16-22(27)11-13-24(21)25/h1-9,11,13,16,23,25-27H,10,12,14-15,17H2. The molecule has 0 aromatic heterocycles. The summed E-state index contributed by atoms with van der Waals surface area (Å²) in [4.78, 5) is 0. The molecule has 0 amide bonds. The summed E-state index contributed by atoms with van der Waals surface area (Å²) in [6.07, 6.45) is 2.04. The van der Waals surface area contributed by atoms with Gasteiger partial charge in [0.15, 0.2) is 0 Å². The highest BCUT2D eigenvalue weighted by molar-refractivity contribution is 5.47. The maximum Gasteiger partial charge on any atom is 0.115 e. The van der Waals surface area contributed by atoms with Gasteiger partial charge in [0.2, 0.25) is 0 Å². The van der Waals surface area contributed by atoms with Gasteiger partial charge in [0, 0.05) is 5.92 Å². The summed E-state index contributed by atoms with van der Waals surface area (Å²) >= 11 is 0. The van der Waals surface area contributed by atoms with E-state index in [-0.39, 0.29) is 12.5 Å². The fourth-order valence-electron chi connectivity index (χ4n) is 4.35. The fraction of sp³-hybridized carbons (Fsp3) is 0.280. The van der Waals surface area contributed by atoms with Gasteiger partial charge in [-0.1, -0.05) is 60.7 Å². The minimum Gasteiger partial charge on any atom is -0.508 e. The molecule has 28 heavy (non-hydrogen) atoms. The zero-order valence-corrected chi connectivity index (χ0v) is 15.9. The molecule has 1 aliphatic carbocycles. The molecule has 0 bridgehead atoms. The zero-order chi connectivity index (χ0) is 19.3. The van der Waals surface area contributed by atoms with E-state index < -0.39 is 0 Å². The number of ether oxygens (including phenoxy) is 1. The monoisotopic (exact) mass is 374 g/mol. The van der Waals surface area contributed by atoms with Gasteiger partial charge in [0.25, 0.3) is 0 Å². The molecule has 3 aromatic carbocycles. The molecule has 0 radical (unpaired) electrons. The molecule has 2 unspecified atom stereocenters. The Kier molecular flexibility index (Phi) is 5.75. The van der Waals surface area contributed by atoms with Gasteiger partial charge in [-0.05, 0) is 58.7 Å². The molecule has 3 aromatic rings. The molecule has 0 aliphatic heterocycles. The first-order valence-corrected chi connectivity index (χ1v) is 9.90. The van der Waals surface area contributed by atoms with Crippen LogP contribution in [0.2, 0.25) is 0 Å². The molecular formula is C25H26O3. The van der Waals surface area contributed by atoms with E-state index in [1.54, 1.807) is 6.07 Å². The van der Waals surface area contributed by atoms with Crippen LogP contribution in [-0.4, -0.2) is 23.4 Å². The highest BCUT2D eigenvalue weighted by Crippen LogP contribution is 2.46. The molecular weight excluding hydrogens is 348 g/mol. The van der Waals surface area contributed by atoms with E-state index in [9.17, 15) is 5.11 Å². The second-order valence-corrected chi connectivity index (χ2v) is 7.43. The third-order valence-electron chi connectivity index (χ3n) is 5.66. The van der Waals surface area contributed by atoms with E-state index in [0.717, 1.165) is 18.4 Å². The Hall–Kier alpha value is -2.62. The third kappa shape index (κ3) is 3.96. The van der Waals surface area contributed by atoms with Gasteiger partial charge in [-0.3, -0.25) is 0 Å². The van der Waals surface area contributed by atoms with Crippen molar-refractivity contribution in [2.45, 2.75) is 31.3 Å². The van der Waals surface area contributed by atoms with E-state index in [1.807, 2.05) is 6.07 Å². The first-order valence-electron chi connectivity index (χ1n) is 9.90. The highest BCUT2D eigenvalue weighted by Gasteiger charge is 2.32. The number of rotatable bonds is 6. The molecule has 0 saturated heterocycles. The van der Waals surface area contributed by atoms with Crippen LogP contribution in [0.4, 0.5) is 0 Å². The van der Waals surface area contributed by atoms with Crippen LogP contribution in [0.1, 0.15) is 46.1 Å². The van der Waals surface area contributed by atoms with Crippen LogP contribution in [0, 0.1) is 0 Å². The maximum absolute atomic E-state index is 9.94. The van der Waals surface area contributed by atoms with Crippen LogP contribution >= 0.6 is 0 Å². The van der Waals surface area contributed by atoms with Crippen molar-refractivity contribution in [1.82, 2.24) is 0 Å². The quantitative estimate of drug-likeness (QED) is 0.612. The number of phenols is 1. The number of aryl methyl sites for hydroxylation is 1. The molecule has 3 nitrogen and oxygen atoms in total. The third-order valence-corrected chi connectivity index (χ3v) is 5.66. The second-order valence-electron chi connectivity index (χ2n) is 7.43. The summed E-state index contributed by atoms with van der Waals surface area (Å²) in [7, 11) is 0. The molecule has 2 atom stereocenters. The van der Waals surface area contributed by atoms with E-state index in [1.165, 1.54) is 22.3 Å². The molecule has 3 heteroatoms. The Morgan fingerprint density at radius 2 is 1.68 bits per heavy atom. The van der Waals surface area contributed by atoms with Crippen molar-refractivity contribution in [1.29, 1.82) is 0 Å². The maximum atomic E-state index is 9.94. The van der Waals surface area contributed by atoms with Crippen molar-refractivity contribution in [2.75, 3.05) is 13.2 Å². The summed E-state index contributed by atoms with van der Waals surface area (Å²) < 4.78 is 5.44. The molecule has 0 saturated carbocycles. The van der Waals surface area contributed by atoms with E-state index >= 15 is 0 Å². The van der Waals surface area contributed by atoms with Crippen molar-refractivity contribution >= 4 is 0 Å². The molecule has 2 N–H and O–H groups in total. The Bertz CT molecular complexity index is 903. The van der Waals surface area contributed by atoms with Crippen molar-refractivity contribution < 1.29 is 14.9 Å². The van der Waals surface area contributed by atoms with Gasteiger partial charge in [-0.15, -0.1) is 0 Å². The lowest BCUT2D eigenvalue weighted by Gasteiger charge is -2.35. The molecule has 1 aliphatic rings. The zero-order valence-electron chi connectivity index (χ0n) is 15.9. The van der Waals surface area contributed by atoms with Gasteiger partial charge in [0.1, 0.15) is 5.75 Å². The van der Waals surface area contributed by atoms with E-state index in [4.69, 9.17) is 9.84 Å². The number of hydrogen-bond acceptors (Lipinski definition) is 3. The SMILES string of the molecule is OCCOCc1ccc(C2c3ccc(O)cc3CCC2c2ccccc2)cc1. The topological polar surface area (TPSA) is 49.7 Å². The van der Waals surface area contributed by atoms with E-state index in [2.05, 4.69) is 60.7 Å². The second kappa shape index (κ2) is 8.59. The van der Waals surface area contributed by atoms with Crippen LogP contribution in [0.25, 0.3) is 0 Å². The Labute approximate surface area is 166 Å². The van der Waals surface area contributed by atoms with E-state index in [0.29, 0.717) is 24.9 Å². The predicted molar refractivity (Wildman–Crippen MR) is 111 cm³/mol. The number of aromatic hydroxyl groups is 1. The van der Waals surface area contributed by atoms with Crippen LogP contribution in [0.5, 0.6) is 5.75 Å². The average Bonchev–Trinajstić information content (AvgIpc) is 2.74. The summed E-state index contributed by atoms with van der Waals surface area (Å²) in [5, 5.41) is 18.8. The fourth-order valence-corrected chi connectivity index (χ4v) is 4.35. The Morgan fingerprint density at radius 3 is 2.43 bits per heavy atom. The summed E-state index contributed by atoms with van der Waals surface area (Å²) in [5.41, 5.74) is 6.30. The molecule has 0 fully saturated rings. The molecule has 0 spiro atoms. The average molecular weight is 374 g/mol. The molecule has 0 heterocycles. The summed E-state index contributed by atoms with van der Waals surface area (Å²) in [6, 6.07) is 25.2. The number of aliphatic hydroxyl groups excluding tert-OH is 1. The van der Waals surface area contributed by atoms with Crippen LogP contribution in [0.15, 0.2) is 72.8 Å². The minimum atomic E-state index is 0.0442. The Morgan fingerprint density at radius 1 is 0.893 bits per heavy atom. The lowest BCUT2D eigenvalue weighted by Crippen LogP contribution is -2.20. The summed E-state index contributed by atoms with van der Waals surface area (Å²) in [5.74, 6) is 1.01. The van der Waals surface area contributed by atoms with Crippen molar-refractivity contribution in [2.24, 2.45) is 0 Å². The number of fused-ring (bicyclic) bond motifs is 1. The lowest BCUT2D eigenvalue weighted by atomic mass is 9.69. The predicted octanol–water partition coefficient (Wildman–Crippen LogP) is 4.76. The largest absolute Gasteiger partial charge is 0.508 e. The smallest absolute Gasteiger partial charge is 0.115 e. The number of aliphatic hydroxyl groups is 1. The van der Waals surface area contributed by atoms with Crippen LogP contribution in [0.3, 0.4) is 0 Å². The first-order chi connectivity index (χ1) is 13.8. The van der Waals surface area contributed by atoms with Crippen molar-refractivity contribution in [3.05, 3.63) is 101 Å². The number of phenolic OH excluding ortho intramolecular Hbond substituents is 1. The van der Waals surface area contributed by atoms with Crippen molar-refractivity contribution in [3.8, 4) is 5.75 Å². The van der Waals surface area contributed by atoms with Gasteiger partial charge in [-0.25, -0.2) is 0 Å². The molecule has 4 rings (SSSR count). The normalized spacial score (nSPS) is 18.6. The van der Waals surface area contributed by atoms with Gasteiger partial charge in [0.05, 0.1) is 19.8 Å². The summed E-state index contributed by atoms with van der Waals surface area (Å²) in [6.45, 7) is 0.915. The lowest BCUT2D eigenvalue weighted by molar-refractivity contribution is 0.0815. The van der Waals surface area contributed by atoms with Gasteiger partial charge >= 0.3 is 0 Å². The van der Waals surface area contributed by atoms with Crippen LogP contribution < -0.4 is 0 Å². The highest BCUT2D eigenvalue weighted by atomic mass is 16.5. The Balaban J connectivity index is 1.69. The number of hydrogen-bond donors (Lipinski definition) is 2. The van der Waals surface area contributed by atoms with Crippen molar-refractivity contribution in [3.63, 3.8) is 0 Å². The van der Waals surface area contributed by atoms with Gasteiger partial charge < -0.3 is 14.9 Å². The molecule has 144 valence electrons.